The Kier molecular flexibility index (Phi) is 4.23. The number of hydrogen-bond acceptors (Lipinski definition) is 4. The fourth-order valence-corrected chi connectivity index (χ4v) is 7.49. The molecule has 2 heterocycles. The third kappa shape index (κ3) is 3.00. The number of nitrogens with one attached hydrogen (secondary N) is 2. The van der Waals surface area contributed by atoms with Crippen LogP contribution in [0, 0.1) is 28.6 Å². The highest BCUT2D eigenvalue weighted by Gasteiger charge is 2.72. The Morgan fingerprint density at radius 2 is 2.13 bits per heavy atom. The second kappa shape index (κ2) is 6.79. The molecule has 5 atom stereocenters. The molecule has 3 N–H and O–H groups in total. The zero-order valence-electron chi connectivity index (χ0n) is 17.8. The van der Waals surface area contributed by atoms with Crippen LogP contribution in [0.2, 0.25) is 0 Å². The first-order valence-corrected chi connectivity index (χ1v) is 11.7. The summed E-state index contributed by atoms with van der Waals surface area (Å²) in [5.74, 6) is 3.04. The van der Waals surface area contributed by atoms with Crippen molar-refractivity contribution in [1.82, 2.24) is 14.7 Å². The van der Waals surface area contributed by atoms with Gasteiger partial charge >= 0.3 is 0 Å². The van der Waals surface area contributed by atoms with E-state index in [0.29, 0.717) is 42.0 Å². The van der Waals surface area contributed by atoms with Crippen molar-refractivity contribution in [3.05, 3.63) is 30.1 Å². The maximum Gasteiger partial charge on any atom is 0.271 e. The van der Waals surface area contributed by atoms with E-state index in [9.17, 15) is 9.59 Å². The number of fused-ring (bicyclic) bond motifs is 2. The van der Waals surface area contributed by atoms with E-state index in [0.717, 1.165) is 17.8 Å². The van der Waals surface area contributed by atoms with E-state index in [1.807, 2.05) is 18.2 Å². The number of hydrogen-bond donors (Lipinski definition) is 3. The minimum Gasteiger partial charge on any atom is -0.396 e. The van der Waals surface area contributed by atoms with Crippen LogP contribution in [0.3, 0.4) is 0 Å². The first-order valence-electron chi connectivity index (χ1n) is 11.7. The van der Waals surface area contributed by atoms with Crippen LogP contribution < -0.4 is 10.6 Å². The fourth-order valence-electron chi connectivity index (χ4n) is 7.49. The van der Waals surface area contributed by atoms with E-state index in [-0.39, 0.29) is 23.8 Å². The van der Waals surface area contributed by atoms with Gasteiger partial charge in [0, 0.05) is 25.8 Å². The molecular formula is C24H30N4O3. The number of carbonyl (C=O) groups is 2. The Hall–Kier alpha value is -2.41. The Labute approximate surface area is 181 Å². The van der Waals surface area contributed by atoms with E-state index in [4.69, 9.17) is 5.11 Å². The summed E-state index contributed by atoms with van der Waals surface area (Å²) < 4.78 is 1.77. The summed E-state index contributed by atoms with van der Waals surface area (Å²) in [5, 5.41) is 14.7. The summed E-state index contributed by atoms with van der Waals surface area (Å²) in [6.45, 7) is 0.436. The number of aromatic nitrogens is 2. The van der Waals surface area contributed by atoms with Gasteiger partial charge in [0.05, 0.1) is 0 Å². The van der Waals surface area contributed by atoms with Crippen LogP contribution in [-0.4, -0.2) is 39.5 Å². The Balaban J connectivity index is 1.17. The number of aliphatic hydroxyl groups is 1. The Morgan fingerprint density at radius 1 is 1.23 bits per heavy atom. The molecule has 164 valence electrons. The van der Waals surface area contributed by atoms with E-state index in [2.05, 4.69) is 15.6 Å². The molecule has 0 saturated heterocycles. The van der Waals surface area contributed by atoms with E-state index >= 15 is 0 Å². The number of amides is 2. The fraction of sp³-hybridized carbons (Fsp3) is 0.625. The van der Waals surface area contributed by atoms with Crippen LogP contribution in [0.15, 0.2) is 24.4 Å². The predicted molar refractivity (Wildman–Crippen MR) is 116 cm³/mol. The first kappa shape index (κ1) is 19.3. The lowest BCUT2D eigenvalue weighted by Gasteiger charge is -2.36. The summed E-state index contributed by atoms with van der Waals surface area (Å²) in [6, 6.07) is 5.53. The SMILES string of the molecule is O=C(CC12CC3CCC4(CC4C1)C3C2)Nc1cccc2nc(C(=O)NCCCO)cn12. The molecular weight excluding hydrogens is 392 g/mol. The van der Waals surface area contributed by atoms with Crippen molar-refractivity contribution >= 4 is 23.3 Å². The van der Waals surface area contributed by atoms with Gasteiger partial charge in [0.1, 0.15) is 17.2 Å². The molecule has 4 saturated carbocycles. The quantitative estimate of drug-likeness (QED) is 0.598. The topological polar surface area (TPSA) is 95.7 Å². The second-order valence-electron chi connectivity index (χ2n) is 10.5. The minimum absolute atomic E-state index is 0.0341. The summed E-state index contributed by atoms with van der Waals surface area (Å²) in [5.41, 5.74) is 1.81. The van der Waals surface area contributed by atoms with Crippen molar-refractivity contribution < 1.29 is 14.7 Å². The lowest BCUT2D eigenvalue weighted by Crippen LogP contribution is -2.31. The molecule has 7 nitrogen and oxygen atoms in total. The van der Waals surface area contributed by atoms with Crippen LogP contribution in [-0.2, 0) is 4.79 Å². The molecule has 4 aliphatic rings. The molecule has 6 rings (SSSR count). The van der Waals surface area contributed by atoms with Gasteiger partial charge < -0.3 is 15.7 Å². The number of imidazole rings is 1. The molecule has 2 bridgehead atoms. The zero-order valence-corrected chi connectivity index (χ0v) is 17.8. The van der Waals surface area contributed by atoms with Gasteiger partial charge in [-0.15, -0.1) is 0 Å². The maximum atomic E-state index is 13.1. The highest BCUT2D eigenvalue weighted by molar-refractivity contribution is 5.94. The molecule has 1 spiro atoms. The molecule has 2 aromatic heterocycles. The van der Waals surface area contributed by atoms with E-state index in [1.165, 1.54) is 38.5 Å². The van der Waals surface area contributed by atoms with Crippen LogP contribution in [0.1, 0.15) is 61.9 Å². The third-order valence-electron chi connectivity index (χ3n) is 8.74. The Morgan fingerprint density at radius 3 is 3.00 bits per heavy atom. The third-order valence-corrected chi connectivity index (χ3v) is 8.74. The number of aliphatic hydroxyl groups excluding tert-OH is 1. The highest BCUT2D eigenvalue weighted by atomic mass is 16.3. The van der Waals surface area contributed by atoms with Crippen molar-refractivity contribution in [2.75, 3.05) is 18.5 Å². The molecule has 2 amide bonds. The number of pyridine rings is 1. The van der Waals surface area contributed by atoms with Gasteiger partial charge in [-0.2, -0.15) is 0 Å². The van der Waals surface area contributed by atoms with Crippen LogP contribution in [0.4, 0.5) is 5.82 Å². The standard InChI is InChI=1S/C24H30N4O3/c29-8-2-7-25-22(31)18-14-28-19(26-18)3-1-4-20(28)27-21(30)13-23-9-15-5-6-24(17(15)12-23)11-16(24)10-23/h1,3-4,14-17,29H,2,5-13H2,(H,25,31)(H,27,30). The molecule has 0 aromatic carbocycles. The summed E-state index contributed by atoms with van der Waals surface area (Å²) in [6.07, 6.45) is 10.7. The van der Waals surface area contributed by atoms with Crippen LogP contribution in [0.5, 0.6) is 0 Å². The lowest BCUT2D eigenvalue weighted by molar-refractivity contribution is -0.119. The predicted octanol–water partition coefficient (Wildman–Crippen LogP) is 2.99. The molecule has 7 heteroatoms. The van der Waals surface area contributed by atoms with Crippen molar-refractivity contribution in [2.24, 2.45) is 28.6 Å². The van der Waals surface area contributed by atoms with Gasteiger partial charge in [0.25, 0.3) is 5.91 Å². The monoisotopic (exact) mass is 422 g/mol. The van der Waals surface area contributed by atoms with Gasteiger partial charge in [-0.3, -0.25) is 14.0 Å². The van der Waals surface area contributed by atoms with Gasteiger partial charge in [-0.05, 0) is 85.7 Å². The average molecular weight is 423 g/mol. The number of anilines is 1. The zero-order chi connectivity index (χ0) is 21.2. The first-order chi connectivity index (χ1) is 15.0. The summed E-state index contributed by atoms with van der Waals surface area (Å²) in [4.78, 5) is 29.8. The molecule has 0 aliphatic heterocycles. The molecule has 4 fully saturated rings. The van der Waals surface area contributed by atoms with Crippen molar-refractivity contribution in [1.29, 1.82) is 0 Å². The second-order valence-corrected chi connectivity index (χ2v) is 10.5. The van der Waals surface area contributed by atoms with Gasteiger partial charge in [-0.1, -0.05) is 6.07 Å². The van der Waals surface area contributed by atoms with E-state index < -0.39 is 0 Å². The van der Waals surface area contributed by atoms with Crippen LogP contribution >= 0.6 is 0 Å². The lowest BCUT2D eigenvalue weighted by atomic mass is 9.69. The smallest absolute Gasteiger partial charge is 0.271 e. The average Bonchev–Trinajstić information content (AvgIpc) is 3.03. The normalized spacial score (nSPS) is 34.5. The largest absolute Gasteiger partial charge is 0.396 e. The van der Waals surface area contributed by atoms with Gasteiger partial charge in [0.2, 0.25) is 5.91 Å². The van der Waals surface area contributed by atoms with Gasteiger partial charge in [-0.25, -0.2) is 4.98 Å². The minimum atomic E-state index is -0.277. The number of nitrogens with zero attached hydrogens (tertiary/aromatic N) is 2. The maximum absolute atomic E-state index is 13.1. The number of carbonyl (C=O) groups excluding carboxylic acids is 2. The molecule has 4 aliphatic carbocycles. The van der Waals surface area contributed by atoms with Gasteiger partial charge in [0.15, 0.2) is 0 Å². The molecule has 0 radical (unpaired) electrons. The van der Waals surface area contributed by atoms with Crippen molar-refractivity contribution in [2.45, 2.75) is 51.4 Å². The Bertz CT molecular complexity index is 1060. The van der Waals surface area contributed by atoms with Crippen molar-refractivity contribution in [3.8, 4) is 0 Å². The number of rotatable bonds is 7. The van der Waals surface area contributed by atoms with Crippen molar-refractivity contribution in [3.63, 3.8) is 0 Å². The molecule has 2 aromatic rings. The van der Waals surface area contributed by atoms with Crippen LogP contribution in [0.25, 0.3) is 5.65 Å². The summed E-state index contributed by atoms with van der Waals surface area (Å²) in [7, 11) is 0. The summed E-state index contributed by atoms with van der Waals surface area (Å²) >= 11 is 0. The molecule has 5 unspecified atom stereocenters. The van der Waals surface area contributed by atoms with E-state index in [1.54, 1.807) is 10.6 Å². The highest BCUT2D eigenvalue weighted by Crippen LogP contribution is 2.80. The molecule has 31 heavy (non-hydrogen) atoms.